The lowest BCUT2D eigenvalue weighted by Crippen LogP contribution is -2.53. The molecule has 1 fully saturated rings. The van der Waals surface area contributed by atoms with E-state index in [0.29, 0.717) is 19.6 Å². The molecule has 2 aliphatic rings. The fourth-order valence-electron chi connectivity index (χ4n) is 3.68. The average molecular weight is 368 g/mol. The van der Waals surface area contributed by atoms with E-state index in [4.69, 9.17) is 4.74 Å². The maximum atomic E-state index is 12.8. The molecule has 0 spiro atoms. The van der Waals surface area contributed by atoms with Gasteiger partial charge in [0.2, 0.25) is 0 Å². The summed E-state index contributed by atoms with van der Waals surface area (Å²) in [7, 11) is 0. The first kappa shape index (κ1) is 17.7. The lowest BCUT2D eigenvalue weighted by atomic mass is 10.0. The topological polar surface area (TPSA) is 67.7 Å². The van der Waals surface area contributed by atoms with Crippen molar-refractivity contribution in [3.05, 3.63) is 58.5 Å². The van der Waals surface area contributed by atoms with Crippen molar-refractivity contribution < 1.29 is 9.53 Å². The summed E-state index contributed by atoms with van der Waals surface area (Å²) in [6.07, 6.45) is 2.86. The Bertz CT molecular complexity index is 858. The van der Waals surface area contributed by atoms with Gasteiger partial charge in [-0.25, -0.2) is 4.68 Å². The molecule has 7 nitrogen and oxygen atoms in total. The third kappa shape index (κ3) is 4.03. The number of nitrogens with zero attached hydrogens (tertiary/aromatic N) is 4. The molecular formula is C20H24N4O3. The highest BCUT2D eigenvalue weighted by molar-refractivity contribution is 5.81. The molecule has 1 atom stereocenters. The van der Waals surface area contributed by atoms with Crippen molar-refractivity contribution in [1.29, 1.82) is 0 Å². The number of benzene rings is 1. The van der Waals surface area contributed by atoms with Crippen molar-refractivity contribution in [2.24, 2.45) is 0 Å². The Labute approximate surface area is 158 Å². The van der Waals surface area contributed by atoms with Crippen LogP contribution in [0.3, 0.4) is 0 Å². The number of ether oxygens (including phenoxy) is 1. The van der Waals surface area contributed by atoms with E-state index in [0.717, 1.165) is 38.2 Å². The Morgan fingerprint density at radius 1 is 1.07 bits per heavy atom. The standard InChI is InChI=1S/C20H24N4O3/c25-19-6-3-9-21-24(19)15-12-22-10-13-23(14-11-22)20(26)18-8-7-16-4-1-2-5-17(16)27-18/h1-6,9,18H,7-8,10-15H2. The minimum Gasteiger partial charge on any atom is -0.480 e. The fraction of sp³-hybridized carbons (Fsp3) is 0.450. The molecule has 1 saturated heterocycles. The van der Waals surface area contributed by atoms with E-state index in [-0.39, 0.29) is 17.6 Å². The van der Waals surface area contributed by atoms with Crippen LogP contribution in [0.5, 0.6) is 5.75 Å². The molecule has 27 heavy (non-hydrogen) atoms. The third-order valence-corrected chi connectivity index (χ3v) is 5.29. The normalized spacial score (nSPS) is 20.0. The van der Waals surface area contributed by atoms with Crippen LogP contribution in [0.1, 0.15) is 12.0 Å². The number of para-hydroxylation sites is 1. The van der Waals surface area contributed by atoms with Crippen LogP contribution < -0.4 is 10.3 Å². The second-order valence-electron chi connectivity index (χ2n) is 7.00. The van der Waals surface area contributed by atoms with Crippen molar-refractivity contribution in [3.8, 4) is 5.75 Å². The maximum absolute atomic E-state index is 12.8. The molecule has 0 bridgehead atoms. The average Bonchev–Trinajstić information content (AvgIpc) is 2.73. The number of rotatable bonds is 4. The Morgan fingerprint density at radius 3 is 2.70 bits per heavy atom. The zero-order chi connectivity index (χ0) is 18.6. The molecule has 2 aromatic rings. The van der Waals surface area contributed by atoms with Crippen molar-refractivity contribution in [3.63, 3.8) is 0 Å². The summed E-state index contributed by atoms with van der Waals surface area (Å²) in [5.74, 6) is 0.923. The van der Waals surface area contributed by atoms with Gasteiger partial charge >= 0.3 is 0 Å². The quantitative estimate of drug-likeness (QED) is 0.798. The van der Waals surface area contributed by atoms with E-state index in [1.54, 1.807) is 12.3 Å². The van der Waals surface area contributed by atoms with Gasteiger partial charge in [0.1, 0.15) is 5.75 Å². The highest BCUT2D eigenvalue weighted by Crippen LogP contribution is 2.27. The summed E-state index contributed by atoms with van der Waals surface area (Å²) in [6.45, 7) is 4.31. The predicted molar refractivity (Wildman–Crippen MR) is 101 cm³/mol. The van der Waals surface area contributed by atoms with Gasteiger partial charge in [0.15, 0.2) is 6.10 Å². The Morgan fingerprint density at radius 2 is 1.89 bits per heavy atom. The van der Waals surface area contributed by atoms with Crippen molar-refractivity contribution in [1.82, 2.24) is 19.6 Å². The van der Waals surface area contributed by atoms with Gasteiger partial charge < -0.3 is 9.64 Å². The van der Waals surface area contributed by atoms with E-state index in [1.165, 1.54) is 16.3 Å². The van der Waals surface area contributed by atoms with Gasteiger partial charge in [-0.2, -0.15) is 5.10 Å². The molecule has 1 unspecified atom stereocenters. The van der Waals surface area contributed by atoms with Crippen molar-refractivity contribution in [2.45, 2.75) is 25.5 Å². The summed E-state index contributed by atoms with van der Waals surface area (Å²) < 4.78 is 7.42. The first-order valence-corrected chi connectivity index (χ1v) is 9.48. The molecule has 2 aliphatic heterocycles. The Hall–Kier alpha value is -2.67. The molecule has 7 heteroatoms. The first-order chi connectivity index (χ1) is 13.2. The van der Waals surface area contributed by atoms with E-state index in [9.17, 15) is 9.59 Å². The van der Waals surface area contributed by atoms with E-state index >= 15 is 0 Å². The molecular weight excluding hydrogens is 344 g/mol. The van der Waals surface area contributed by atoms with Crippen LogP contribution in [0.2, 0.25) is 0 Å². The molecule has 1 amide bonds. The second-order valence-corrected chi connectivity index (χ2v) is 7.00. The molecule has 1 aromatic carbocycles. The van der Waals surface area contributed by atoms with Crippen molar-refractivity contribution in [2.75, 3.05) is 32.7 Å². The fourth-order valence-corrected chi connectivity index (χ4v) is 3.68. The van der Waals surface area contributed by atoms with Crippen LogP contribution >= 0.6 is 0 Å². The monoisotopic (exact) mass is 368 g/mol. The number of hydrogen-bond acceptors (Lipinski definition) is 5. The van der Waals surface area contributed by atoms with Gasteiger partial charge in [0.25, 0.3) is 11.5 Å². The maximum Gasteiger partial charge on any atom is 0.266 e. The molecule has 1 aromatic heterocycles. The van der Waals surface area contributed by atoms with Crippen LogP contribution in [0, 0.1) is 0 Å². The number of carbonyl (C=O) groups excluding carboxylic acids is 1. The van der Waals surface area contributed by atoms with Gasteiger partial charge in [0, 0.05) is 45.0 Å². The minimum atomic E-state index is -0.376. The molecule has 3 heterocycles. The van der Waals surface area contributed by atoms with Crippen LogP contribution in [0.15, 0.2) is 47.4 Å². The van der Waals surface area contributed by atoms with E-state index in [1.807, 2.05) is 23.1 Å². The summed E-state index contributed by atoms with van der Waals surface area (Å²) in [5.41, 5.74) is 1.09. The number of piperazine rings is 1. The van der Waals surface area contributed by atoms with Gasteiger partial charge in [-0.15, -0.1) is 0 Å². The number of hydrogen-bond donors (Lipinski definition) is 0. The minimum absolute atomic E-state index is 0.0824. The predicted octanol–water partition coefficient (Wildman–Crippen LogP) is 0.781. The largest absolute Gasteiger partial charge is 0.480 e. The SMILES string of the molecule is O=C(C1CCc2ccccc2O1)N1CCN(CCn2ncccc2=O)CC1. The van der Waals surface area contributed by atoms with E-state index in [2.05, 4.69) is 16.1 Å². The molecule has 0 saturated carbocycles. The lowest BCUT2D eigenvalue weighted by Gasteiger charge is -2.37. The highest BCUT2D eigenvalue weighted by atomic mass is 16.5. The molecule has 0 radical (unpaired) electrons. The second kappa shape index (κ2) is 7.92. The van der Waals surface area contributed by atoms with Gasteiger partial charge in [-0.05, 0) is 30.5 Å². The number of aryl methyl sites for hydroxylation is 1. The molecule has 0 N–H and O–H groups in total. The van der Waals surface area contributed by atoms with Crippen LogP contribution in [0.4, 0.5) is 0 Å². The third-order valence-electron chi connectivity index (χ3n) is 5.29. The van der Waals surface area contributed by atoms with Crippen molar-refractivity contribution >= 4 is 5.91 Å². The number of amides is 1. The van der Waals surface area contributed by atoms with Crippen LogP contribution in [0.25, 0.3) is 0 Å². The zero-order valence-electron chi connectivity index (χ0n) is 15.3. The van der Waals surface area contributed by atoms with Gasteiger partial charge in [-0.3, -0.25) is 14.5 Å². The summed E-state index contributed by atoms with van der Waals surface area (Å²) in [5, 5.41) is 4.08. The highest BCUT2D eigenvalue weighted by Gasteiger charge is 2.31. The van der Waals surface area contributed by atoms with Crippen LogP contribution in [-0.4, -0.2) is 64.3 Å². The van der Waals surface area contributed by atoms with Crippen LogP contribution in [-0.2, 0) is 17.8 Å². The first-order valence-electron chi connectivity index (χ1n) is 9.48. The Balaban J connectivity index is 1.27. The smallest absolute Gasteiger partial charge is 0.266 e. The van der Waals surface area contributed by atoms with Gasteiger partial charge in [-0.1, -0.05) is 18.2 Å². The number of carbonyl (C=O) groups is 1. The van der Waals surface area contributed by atoms with Gasteiger partial charge in [0.05, 0.1) is 6.54 Å². The molecule has 4 rings (SSSR count). The Kier molecular flexibility index (Phi) is 5.20. The van der Waals surface area contributed by atoms with E-state index < -0.39 is 0 Å². The zero-order valence-corrected chi connectivity index (χ0v) is 15.3. The summed E-state index contributed by atoms with van der Waals surface area (Å²) in [6, 6.07) is 11.1. The summed E-state index contributed by atoms with van der Waals surface area (Å²) >= 11 is 0. The lowest BCUT2D eigenvalue weighted by molar-refractivity contribution is -0.141. The number of fused-ring (bicyclic) bond motifs is 1. The summed E-state index contributed by atoms with van der Waals surface area (Å²) in [4.78, 5) is 28.7. The number of aromatic nitrogens is 2. The molecule has 0 aliphatic carbocycles. The molecule has 142 valence electrons.